The summed E-state index contributed by atoms with van der Waals surface area (Å²) >= 11 is 0. The smallest absolute Gasteiger partial charge is 0.222 e. The van der Waals surface area contributed by atoms with Gasteiger partial charge in [-0.25, -0.2) is 0 Å². The Hall–Kier alpha value is -0.530. The molecule has 0 aromatic rings. The summed E-state index contributed by atoms with van der Waals surface area (Å²) in [5, 5.41) is 2.95. The number of unbranched alkanes of at least 4 members (excludes halogenated alkanes) is 3. The maximum Gasteiger partial charge on any atom is 0.222 e. The highest BCUT2D eigenvalue weighted by molar-refractivity contribution is 5.77. The van der Waals surface area contributed by atoms with Crippen molar-refractivity contribution in [2.75, 3.05) is 6.54 Å². The van der Waals surface area contributed by atoms with Gasteiger partial charge in [0.2, 0.25) is 5.91 Å². The highest BCUT2D eigenvalue weighted by Crippen LogP contribution is 2.22. The van der Waals surface area contributed by atoms with Crippen LogP contribution >= 0.6 is 0 Å². The molecule has 0 aromatic heterocycles. The van der Waals surface area contributed by atoms with Crippen molar-refractivity contribution >= 4 is 5.91 Å². The van der Waals surface area contributed by atoms with Gasteiger partial charge in [-0.05, 0) is 18.3 Å². The monoisotopic (exact) mass is 227 g/mol. The zero-order chi connectivity index (χ0) is 12.6. The van der Waals surface area contributed by atoms with E-state index in [1.807, 2.05) is 13.8 Å². The van der Waals surface area contributed by atoms with Gasteiger partial charge in [0.25, 0.3) is 0 Å². The van der Waals surface area contributed by atoms with Gasteiger partial charge in [0.15, 0.2) is 0 Å². The average Bonchev–Trinajstić information content (AvgIpc) is 2.14. The molecule has 0 aliphatic heterocycles. The molecule has 2 heteroatoms. The summed E-state index contributed by atoms with van der Waals surface area (Å²) in [6.07, 6.45) is 6.23. The maximum atomic E-state index is 11.3. The van der Waals surface area contributed by atoms with Gasteiger partial charge < -0.3 is 5.32 Å². The first-order chi connectivity index (χ1) is 7.33. The number of nitrogens with one attached hydrogen (secondary N) is 1. The van der Waals surface area contributed by atoms with Crippen LogP contribution in [-0.4, -0.2) is 12.5 Å². The quantitative estimate of drug-likeness (QED) is 0.659. The summed E-state index contributed by atoms with van der Waals surface area (Å²) in [7, 11) is 0. The Labute approximate surface area is 101 Å². The molecule has 0 saturated heterocycles. The van der Waals surface area contributed by atoms with Crippen molar-refractivity contribution in [1.82, 2.24) is 5.32 Å². The van der Waals surface area contributed by atoms with E-state index in [4.69, 9.17) is 0 Å². The summed E-state index contributed by atoms with van der Waals surface area (Å²) in [4.78, 5) is 11.3. The molecule has 0 radical (unpaired) electrons. The molecular weight excluding hydrogens is 198 g/mol. The van der Waals surface area contributed by atoms with E-state index < -0.39 is 0 Å². The Kier molecular flexibility index (Phi) is 7.44. The Bertz CT molecular complexity index is 191. The molecule has 0 spiro atoms. The maximum absolute atomic E-state index is 11.3. The number of carbonyl (C=O) groups is 1. The van der Waals surface area contributed by atoms with E-state index >= 15 is 0 Å². The Morgan fingerprint density at radius 3 is 2.12 bits per heavy atom. The van der Waals surface area contributed by atoms with Crippen LogP contribution in [0.5, 0.6) is 0 Å². The molecule has 96 valence electrons. The number of hydrogen-bond acceptors (Lipinski definition) is 1. The molecule has 0 bridgehead atoms. The van der Waals surface area contributed by atoms with Crippen molar-refractivity contribution in [3.8, 4) is 0 Å². The van der Waals surface area contributed by atoms with Gasteiger partial charge in [-0.15, -0.1) is 0 Å². The third-order valence-corrected chi connectivity index (χ3v) is 2.68. The minimum absolute atomic E-state index is 0.112. The van der Waals surface area contributed by atoms with Gasteiger partial charge >= 0.3 is 0 Å². The minimum atomic E-state index is 0.112. The minimum Gasteiger partial charge on any atom is -0.356 e. The predicted molar refractivity (Wildman–Crippen MR) is 70.4 cm³/mol. The predicted octanol–water partition coefficient (Wildman–Crippen LogP) is 3.76. The standard InChI is InChI=1S/C14H29NO/c1-12(2)13(16)15-11-9-7-6-8-10-14(3,4)5/h12H,6-11H2,1-5H3,(H,15,16). The average molecular weight is 227 g/mol. The van der Waals surface area contributed by atoms with Crippen LogP contribution in [0.4, 0.5) is 0 Å². The Balaban J connectivity index is 3.26. The molecular formula is C14H29NO. The molecule has 0 aliphatic carbocycles. The number of amides is 1. The van der Waals surface area contributed by atoms with Crippen molar-refractivity contribution in [2.45, 2.75) is 66.7 Å². The molecule has 16 heavy (non-hydrogen) atoms. The van der Waals surface area contributed by atoms with Crippen molar-refractivity contribution in [1.29, 1.82) is 0 Å². The molecule has 0 atom stereocenters. The zero-order valence-corrected chi connectivity index (χ0v) is 11.7. The van der Waals surface area contributed by atoms with E-state index in [0.717, 1.165) is 13.0 Å². The molecule has 1 N–H and O–H groups in total. The van der Waals surface area contributed by atoms with Crippen LogP contribution in [0, 0.1) is 11.3 Å². The number of carbonyl (C=O) groups excluding carboxylic acids is 1. The fourth-order valence-corrected chi connectivity index (χ4v) is 1.55. The van der Waals surface area contributed by atoms with Crippen LogP contribution in [0.25, 0.3) is 0 Å². The fourth-order valence-electron chi connectivity index (χ4n) is 1.55. The lowest BCUT2D eigenvalue weighted by Crippen LogP contribution is -2.28. The van der Waals surface area contributed by atoms with Gasteiger partial charge in [0, 0.05) is 12.5 Å². The SMILES string of the molecule is CC(C)C(=O)NCCCCCCC(C)(C)C. The van der Waals surface area contributed by atoms with Crippen molar-refractivity contribution in [3.05, 3.63) is 0 Å². The first-order valence-corrected chi connectivity index (χ1v) is 6.60. The normalized spacial score (nSPS) is 11.9. The molecule has 0 saturated carbocycles. The Morgan fingerprint density at radius 2 is 1.62 bits per heavy atom. The van der Waals surface area contributed by atoms with E-state index in [2.05, 4.69) is 26.1 Å². The molecule has 0 fully saturated rings. The summed E-state index contributed by atoms with van der Waals surface area (Å²) < 4.78 is 0. The highest BCUT2D eigenvalue weighted by Gasteiger charge is 2.08. The summed E-state index contributed by atoms with van der Waals surface area (Å²) in [5.74, 6) is 0.288. The third-order valence-electron chi connectivity index (χ3n) is 2.68. The first-order valence-electron chi connectivity index (χ1n) is 6.60. The Morgan fingerprint density at radius 1 is 1.06 bits per heavy atom. The summed E-state index contributed by atoms with van der Waals surface area (Å²) in [5.41, 5.74) is 0.464. The van der Waals surface area contributed by atoms with E-state index in [1.165, 1.54) is 25.7 Å². The van der Waals surface area contributed by atoms with Crippen LogP contribution in [0.2, 0.25) is 0 Å². The van der Waals surface area contributed by atoms with Gasteiger partial charge in [-0.3, -0.25) is 4.79 Å². The van der Waals surface area contributed by atoms with E-state index in [9.17, 15) is 4.79 Å². The van der Waals surface area contributed by atoms with E-state index in [-0.39, 0.29) is 11.8 Å². The van der Waals surface area contributed by atoms with Crippen molar-refractivity contribution in [2.24, 2.45) is 11.3 Å². The molecule has 0 rings (SSSR count). The summed E-state index contributed by atoms with van der Waals surface area (Å²) in [6.45, 7) is 11.6. The zero-order valence-electron chi connectivity index (χ0n) is 11.7. The molecule has 0 heterocycles. The lowest BCUT2D eigenvalue weighted by Gasteiger charge is -2.17. The van der Waals surface area contributed by atoms with Crippen LogP contribution < -0.4 is 5.32 Å². The molecule has 2 nitrogen and oxygen atoms in total. The van der Waals surface area contributed by atoms with Gasteiger partial charge in [-0.2, -0.15) is 0 Å². The lowest BCUT2D eigenvalue weighted by atomic mass is 9.89. The van der Waals surface area contributed by atoms with Crippen LogP contribution in [0.1, 0.15) is 66.7 Å². The van der Waals surface area contributed by atoms with E-state index in [1.54, 1.807) is 0 Å². The van der Waals surface area contributed by atoms with Crippen molar-refractivity contribution in [3.63, 3.8) is 0 Å². The number of hydrogen-bond donors (Lipinski definition) is 1. The first kappa shape index (κ1) is 15.5. The van der Waals surface area contributed by atoms with Crippen LogP contribution in [0.15, 0.2) is 0 Å². The second-order valence-corrected chi connectivity index (χ2v) is 6.17. The summed E-state index contributed by atoms with van der Waals surface area (Å²) in [6, 6.07) is 0. The van der Waals surface area contributed by atoms with Crippen molar-refractivity contribution < 1.29 is 4.79 Å². The highest BCUT2D eigenvalue weighted by atomic mass is 16.1. The largest absolute Gasteiger partial charge is 0.356 e. The second kappa shape index (κ2) is 7.70. The molecule has 0 aromatic carbocycles. The van der Waals surface area contributed by atoms with Gasteiger partial charge in [-0.1, -0.05) is 53.9 Å². The molecule has 0 aliphatic rings. The number of rotatable bonds is 7. The second-order valence-electron chi connectivity index (χ2n) is 6.17. The molecule has 0 unspecified atom stereocenters. The van der Waals surface area contributed by atoms with Gasteiger partial charge in [0.05, 0.1) is 0 Å². The topological polar surface area (TPSA) is 29.1 Å². The van der Waals surface area contributed by atoms with Gasteiger partial charge in [0.1, 0.15) is 0 Å². The van der Waals surface area contributed by atoms with Crippen LogP contribution in [0.3, 0.4) is 0 Å². The fraction of sp³-hybridized carbons (Fsp3) is 0.929. The van der Waals surface area contributed by atoms with Crippen LogP contribution in [-0.2, 0) is 4.79 Å². The lowest BCUT2D eigenvalue weighted by molar-refractivity contribution is -0.123. The third kappa shape index (κ3) is 10.0. The molecule has 1 amide bonds. The van der Waals surface area contributed by atoms with E-state index in [0.29, 0.717) is 5.41 Å².